The zero-order valence-corrected chi connectivity index (χ0v) is 21.3. The molecule has 176 valence electrons. The summed E-state index contributed by atoms with van der Waals surface area (Å²) in [5.74, 6) is 2.48. The highest BCUT2D eigenvalue weighted by Gasteiger charge is 2.35. The molecule has 2 aliphatic heterocycles. The molecule has 0 aliphatic carbocycles. The standard InChI is InChI=1S/C22H36N4O4.HI/c1-23-21(24-9-11-26(2)10-4-12-27-3)25-16-22(7-13-28-14-8-22)18-5-6-19-20(15-18)30-17-29-19;/h5-6,15H,4,7-14,16-17H2,1-3H3,(H2,23,24,25);1H. The van der Waals surface area contributed by atoms with Crippen LogP contribution in [0.1, 0.15) is 24.8 Å². The van der Waals surface area contributed by atoms with Gasteiger partial charge in [-0.2, -0.15) is 0 Å². The molecule has 0 radical (unpaired) electrons. The number of aliphatic imine (C=N–C) groups is 1. The van der Waals surface area contributed by atoms with Crippen molar-refractivity contribution in [2.45, 2.75) is 24.7 Å². The molecule has 9 heteroatoms. The van der Waals surface area contributed by atoms with Gasteiger partial charge in [0.15, 0.2) is 17.5 Å². The molecule has 8 nitrogen and oxygen atoms in total. The summed E-state index contributed by atoms with van der Waals surface area (Å²) in [6.45, 7) is 6.21. The van der Waals surface area contributed by atoms with Gasteiger partial charge >= 0.3 is 0 Å². The van der Waals surface area contributed by atoms with E-state index in [0.717, 1.165) is 82.7 Å². The van der Waals surface area contributed by atoms with Gasteiger partial charge in [-0.3, -0.25) is 4.99 Å². The lowest BCUT2D eigenvalue weighted by atomic mass is 9.74. The highest BCUT2D eigenvalue weighted by Crippen LogP contribution is 2.40. The zero-order valence-electron chi connectivity index (χ0n) is 18.9. The van der Waals surface area contributed by atoms with Gasteiger partial charge in [0.05, 0.1) is 0 Å². The lowest BCUT2D eigenvalue weighted by Crippen LogP contribution is -2.49. The van der Waals surface area contributed by atoms with Crippen LogP contribution in [-0.2, 0) is 14.9 Å². The number of hydrogen-bond donors (Lipinski definition) is 2. The van der Waals surface area contributed by atoms with Crippen molar-refractivity contribution in [1.82, 2.24) is 15.5 Å². The van der Waals surface area contributed by atoms with Crippen molar-refractivity contribution in [2.75, 3.05) is 74.0 Å². The average molecular weight is 548 g/mol. The maximum atomic E-state index is 5.66. The number of hydrogen-bond acceptors (Lipinski definition) is 6. The van der Waals surface area contributed by atoms with Crippen molar-refractivity contribution >= 4 is 29.9 Å². The van der Waals surface area contributed by atoms with Crippen molar-refractivity contribution in [3.8, 4) is 11.5 Å². The van der Waals surface area contributed by atoms with Crippen LogP contribution in [0.2, 0.25) is 0 Å². The van der Waals surface area contributed by atoms with E-state index < -0.39 is 0 Å². The minimum atomic E-state index is -0.0200. The maximum absolute atomic E-state index is 5.66. The molecule has 3 rings (SSSR count). The molecule has 0 saturated carbocycles. The predicted molar refractivity (Wildman–Crippen MR) is 133 cm³/mol. The number of nitrogens with zero attached hydrogens (tertiary/aromatic N) is 2. The van der Waals surface area contributed by atoms with Crippen LogP contribution < -0.4 is 20.1 Å². The smallest absolute Gasteiger partial charge is 0.231 e. The Morgan fingerprint density at radius 2 is 1.94 bits per heavy atom. The Kier molecular flexibility index (Phi) is 11.1. The van der Waals surface area contributed by atoms with E-state index in [1.54, 1.807) is 7.11 Å². The van der Waals surface area contributed by atoms with E-state index in [2.05, 4.69) is 39.7 Å². The Hall–Kier alpha value is -1.30. The van der Waals surface area contributed by atoms with Crippen molar-refractivity contribution in [2.24, 2.45) is 4.99 Å². The first-order valence-electron chi connectivity index (χ1n) is 10.8. The SMILES string of the molecule is CN=C(NCCN(C)CCCOC)NCC1(c2ccc3c(c2)OCO3)CCOCC1.I. The van der Waals surface area contributed by atoms with Gasteiger partial charge in [-0.05, 0) is 44.0 Å². The van der Waals surface area contributed by atoms with Crippen LogP contribution in [0.4, 0.5) is 0 Å². The lowest BCUT2D eigenvalue weighted by Gasteiger charge is -2.38. The Morgan fingerprint density at radius 1 is 1.16 bits per heavy atom. The van der Waals surface area contributed by atoms with Gasteiger partial charge in [-0.15, -0.1) is 24.0 Å². The summed E-state index contributed by atoms with van der Waals surface area (Å²) in [5.41, 5.74) is 1.24. The fourth-order valence-corrected chi connectivity index (χ4v) is 3.99. The van der Waals surface area contributed by atoms with Crippen molar-refractivity contribution in [3.05, 3.63) is 23.8 Å². The third-order valence-electron chi connectivity index (χ3n) is 5.93. The van der Waals surface area contributed by atoms with Gasteiger partial charge in [0.25, 0.3) is 0 Å². The number of fused-ring (bicyclic) bond motifs is 1. The first-order valence-corrected chi connectivity index (χ1v) is 10.8. The van der Waals surface area contributed by atoms with Crippen molar-refractivity contribution < 1.29 is 18.9 Å². The molecular weight excluding hydrogens is 511 g/mol. The van der Waals surface area contributed by atoms with E-state index in [9.17, 15) is 0 Å². The molecule has 2 N–H and O–H groups in total. The number of benzene rings is 1. The minimum Gasteiger partial charge on any atom is -0.454 e. The van der Waals surface area contributed by atoms with E-state index in [1.807, 2.05) is 13.1 Å². The van der Waals surface area contributed by atoms with Gasteiger partial charge in [0.2, 0.25) is 6.79 Å². The number of ether oxygens (including phenoxy) is 4. The molecule has 1 saturated heterocycles. The van der Waals surface area contributed by atoms with Crippen LogP contribution in [0.15, 0.2) is 23.2 Å². The summed E-state index contributed by atoms with van der Waals surface area (Å²) in [6, 6.07) is 6.30. The Bertz CT molecular complexity index is 698. The topological polar surface area (TPSA) is 76.6 Å². The fourth-order valence-electron chi connectivity index (χ4n) is 3.99. The Balaban J connectivity index is 0.00000341. The second kappa shape index (κ2) is 13.3. The molecular formula is C22H37IN4O4. The number of halogens is 1. The first-order chi connectivity index (χ1) is 14.7. The quantitative estimate of drug-likeness (QED) is 0.201. The molecule has 0 atom stereocenters. The molecule has 1 fully saturated rings. The summed E-state index contributed by atoms with van der Waals surface area (Å²) in [4.78, 5) is 6.70. The highest BCUT2D eigenvalue weighted by molar-refractivity contribution is 14.0. The number of guanidine groups is 1. The molecule has 0 spiro atoms. The molecule has 0 unspecified atom stereocenters. The number of rotatable bonds is 10. The highest BCUT2D eigenvalue weighted by atomic mass is 127. The Labute approximate surface area is 203 Å². The number of methoxy groups -OCH3 is 1. The van der Waals surface area contributed by atoms with Crippen LogP contribution in [0.3, 0.4) is 0 Å². The van der Waals surface area contributed by atoms with E-state index >= 15 is 0 Å². The van der Waals surface area contributed by atoms with Gasteiger partial charge in [0, 0.05) is 65.6 Å². The maximum Gasteiger partial charge on any atom is 0.231 e. The van der Waals surface area contributed by atoms with Gasteiger partial charge in [-0.1, -0.05) is 6.07 Å². The molecule has 1 aromatic carbocycles. The summed E-state index contributed by atoms with van der Waals surface area (Å²) in [7, 11) is 5.69. The second-order valence-electron chi connectivity index (χ2n) is 7.96. The van der Waals surface area contributed by atoms with E-state index in [-0.39, 0.29) is 29.4 Å². The molecule has 31 heavy (non-hydrogen) atoms. The van der Waals surface area contributed by atoms with Crippen LogP contribution >= 0.6 is 24.0 Å². The predicted octanol–water partition coefficient (Wildman–Crippen LogP) is 2.21. The van der Waals surface area contributed by atoms with Crippen LogP contribution in [0, 0.1) is 0 Å². The lowest BCUT2D eigenvalue weighted by molar-refractivity contribution is 0.0513. The van der Waals surface area contributed by atoms with E-state index in [1.165, 1.54) is 5.56 Å². The zero-order chi connectivity index (χ0) is 21.2. The van der Waals surface area contributed by atoms with E-state index in [0.29, 0.717) is 6.79 Å². The molecule has 0 amide bonds. The largest absolute Gasteiger partial charge is 0.454 e. The normalized spacial score (nSPS) is 17.4. The third kappa shape index (κ3) is 7.37. The van der Waals surface area contributed by atoms with Gasteiger partial charge in [0.1, 0.15) is 0 Å². The molecule has 0 bridgehead atoms. The average Bonchev–Trinajstić information content (AvgIpc) is 3.25. The van der Waals surface area contributed by atoms with Crippen molar-refractivity contribution in [1.29, 1.82) is 0 Å². The Morgan fingerprint density at radius 3 is 2.68 bits per heavy atom. The summed E-state index contributed by atoms with van der Waals surface area (Å²) < 4.78 is 21.9. The molecule has 2 heterocycles. The monoisotopic (exact) mass is 548 g/mol. The number of nitrogens with one attached hydrogen (secondary N) is 2. The summed E-state index contributed by atoms with van der Waals surface area (Å²) >= 11 is 0. The van der Waals surface area contributed by atoms with Crippen molar-refractivity contribution in [3.63, 3.8) is 0 Å². The van der Waals surface area contributed by atoms with Gasteiger partial charge in [-0.25, -0.2) is 0 Å². The molecule has 2 aliphatic rings. The summed E-state index contributed by atoms with van der Waals surface area (Å²) in [5, 5.41) is 6.98. The fraction of sp³-hybridized carbons (Fsp3) is 0.682. The van der Waals surface area contributed by atoms with Gasteiger partial charge < -0.3 is 34.5 Å². The van der Waals surface area contributed by atoms with Crippen LogP contribution in [0.5, 0.6) is 11.5 Å². The number of likely N-dealkylation sites (N-methyl/N-ethyl adjacent to an activating group) is 1. The summed E-state index contributed by atoms with van der Waals surface area (Å²) in [6.07, 6.45) is 2.96. The third-order valence-corrected chi connectivity index (χ3v) is 5.93. The van der Waals surface area contributed by atoms with Crippen LogP contribution in [-0.4, -0.2) is 84.9 Å². The molecule has 0 aromatic heterocycles. The first kappa shape index (κ1) is 26.0. The minimum absolute atomic E-state index is 0. The molecule has 1 aromatic rings. The van der Waals surface area contributed by atoms with Crippen LogP contribution in [0.25, 0.3) is 0 Å². The second-order valence-corrected chi connectivity index (χ2v) is 7.96. The van der Waals surface area contributed by atoms with E-state index in [4.69, 9.17) is 18.9 Å².